The summed E-state index contributed by atoms with van der Waals surface area (Å²) in [5.74, 6) is -0.974. The van der Waals surface area contributed by atoms with Crippen LogP contribution in [0, 0.1) is 5.41 Å². The molecular formula is C9H6F3NO2. The predicted octanol–water partition coefficient (Wildman–Crippen LogP) is 2.42. The van der Waals surface area contributed by atoms with Crippen LogP contribution in [0.3, 0.4) is 0 Å². The first-order valence-corrected chi connectivity index (χ1v) is 3.83. The summed E-state index contributed by atoms with van der Waals surface area (Å²) < 4.78 is 38.8. The molecule has 6 heteroatoms. The molecule has 0 aromatic heterocycles. The van der Waals surface area contributed by atoms with Crippen molar-refractivity contribution in [1.82, 2.24) is 0 Å². The Labute approximate surface area is 83.0 Å². The maximum atomic E-state index is 11.7. The SMILES string of the molecule is N=CC(=O)c1ccc(OC(F)(F)F)cc1. The van der Waals surface area contributed by atoms with Gasteiger partial charge < -0.3 is 10.1 Å². The van der Waals surface area contributed by atoms with E-state index in [4.69, 9.17) is 5.41 Å². The van der Waals surface area contributed by atoms with Gasteiger partial charge in [0.05, 0.1) is 6.21 Å². The molecule has 0 atom stereocenters. The Morgan fingerprint density at radius 1 is 1.27 bits per heavy atom. The molecule has 0 heterocycles. The van der Waals surface area contributed by atoms with Crippen molar-refractivity contribution in [2.24, 2.45) is 0 Å². The summed E-state index contributed by atoms with van der Waals surface area (Å²) in [6.45, 7) is 0. The minimum atomic E-state index is -4.74. The number of nitrogens with one attached hydrogen (secondary N) is 1. The molecular weight excluding hydrogens is 211 g/mol. The second-order valence-corrected chi connectivity index (χ2v) is 2.58. The molecule has 0 amide bonds. The van der Waals surface area contributed by atoms with E-state index in [9.17, 15) is 18.0 Å². The van der Waals surface area contributed by atoms with Gasteiger partial charge in [0.1, 0.15) is 5.75 Å². The Morgan fingerprint density at radius 3 is 2.20 bits per heavy atom. The molecule has 0 saturated carbocycles. The Morgan fingerprint density at radius 2 is 1.80 bits per heavy atom. The molecule has 0 spiro atoms. The maximum absolute atomic E-state index is 11.7. The first kappa shape index (κ1) is 11.2. The first-order valence-electron chi connectivity index (χ1n) is 3.83. The third kappa shape index (κ3) is 3.41. The quantitative estimate of drug-likeness (QED) is 0.624. The predicted molar refractivity (Wildman–Crippen MR) is 46.2 cm³/mol. The van der Waals surface area contributed by atoms with Crippen LogP contribution in [0.25, 0.3) is 0 Å². The summed E-state index contributed by atoms with van der Waals surface area (Å²) in [7, 11) is 0. The molecule has 0 unspecified atom stereocenters. The Kier molecular flexibility index (Phi) is 3.08. The van der Waals surface area contributed by atoms with Gasteiger partial charge in [-0.2, -0.15) is 0 Å². The van der Waals surface area contributed by atoms with Crippen molar-refractivity contribution in [3.8, 4) is 5.75 Å². The summed E-state index contributed by atoms with van der Waals surface area (Å²) in [4.78, 5) is 10.9. The van der Waals surface area contributed by atoms with Crippen molar-refractivity contribution in [2.45, 2.75) is 6.36 Å². The number of carbonyl (C=O) groups is 1. The van der Waals surface area contributed by atoms with Crippen molar-refractivity contribution in [3.63, 3.8) is 0 Å². The molecule has 1 aromatic carbocycles. The molecule has 15 heavy (non-hydrogen) atoms. The average molecular weight is 217 g/mol. The van der Waals surface area contributed by atoms with Crippen molar-refractivity contribution in [2.75, 3.05) is 0 Å². The number of carbonyl (C=O) groups excluding carboxylic acids is 1. The molecule has 0 aliphatic rings. The fraction of sp³-hybridized carbons (Fsp3) is 0.111. The Hall–Kier alpha value is -1.85. The highest BCUT2D eigenvalue weighted by Crippen LogP contribution is 2.22. The summed E-state index contributed by atoms with van der Waals surface area (Å²) >= 11 is 0. The lowest BCUT2D eigenvalue weighted by atomic mass is 10.1. The van der Waals surface area contributed by atoms with E-state index < -0.39 is 17.9 Å². The van der Waals surface area contributed by atoms with Crippen LogP contribution in [0.15, 0.2) is 24.3 Å². The summed E-state index contributed by atoms with van der Waals surface area (Å²) in [6, 6.07) is 4.36. The van der Waals surface area contributed by atoms with Crippen LogP contribution in [-0.4, -0.2) is 18.4 Å². The Balaban J connectivity index is 2.81. The number of ether oxygens (including phenoxy) is 1. The molecule has 1 aromatic rings. The zero-order valence-electron chi connectivity index (χ0n) is 7.34. The van der Waals surface area contributed by atoms with E-state index in [0.717, 1.165) is 24.3 Å². The zero-order chi connectivity index (χ0) is 11.5. The standard InChI is InChI=1S/C9H6F3NO2/c10-9(11,12)15-7-3-1-6(2-4-7)8(14)5-13/h1-5,13H. The number of alkyl halides is 3. The number of benzene rings is 1. The van der Waals surface area contributed by atoms with E-state index in [1.807, 2.05) is 0 Å². The molecule has 1 rings (SSSR count). The summed E-state index contributed by atoms with van der Waals surface area (Å²) in [5.41, 5.74) is 0.138. The van der Waals surface area contributed by atoms with Crippen molar-refractivity contribution < 1.29 is 22.7 Å². The van der Waals surface area contributed by atoms with E-state index in [0.29, 0.717) is 6.21 Å². The molecule has 0 saturated heterocycles. The number of halogens is 3. The molecule has 0 aliphatic heterocycles. The van der Waals surface area contributed by atoms with E-state index >= 15 is 0 Å². The van der Waals surface area contributed by atoms with Gasteiger partial charge in [-0.1, -0.05) is 0 Å². The highest BCUT2D eigenvalue weighted by atomic mass is 19.4. The molecule has 0 aliphatic carbocycles. The average Bonchev–Trinajstić information content (AvgIpc) is 2.15. The molecule has 0 fully saturated rings. The second-order valence-electron chi connectivity index (χ2n) is 2.58. The van der Waals surface area contributed by atoms with Gasteiger partial charge in [0.2, 0.25) is 5.78 Å². The van der Waals surface area contributed by atoms with Crippen molar-refractivity contribution in [1.29, 1.82) is 5.41 Å². The normalized spacial score (nSPS) is 10.9. The van der Waals surface area contributed by atoms with E-state index in [1.54, 1.807) is 0 Å². The summed E-state index contributed by atoms with van der Waals surface area (Å²) in [5, 5.41) is 6.66. The van der Waals surface area contributed by atoms with Gasteiger partial charge in [0.15, 0.2) is 0 Å². The minimum Gasteiger partial charge on any atom is -0.406 e. The van der Waals surface area contributed by atoms with E-state index in [1.165, 1.54) is 0 Å². The monoisotopic (exact) mass is 217 g/mol. The molecule has 3 nitrogen and oxygen atoms in total. The van der Waals surface area contributed by atoms with E-state index in [2.05, 4.69) is 4.74 Å². The number of rotatable bonds is 3. The fourth-order valence-corrected chi connectivity index (χ4v) is 0.904. The highest BCUT2D eigenvalue weighted by molar-refractivity contribution is 6.34. The fourth-order valence-electron chi connectivity index (χ4n) is 0.904. The van der Waals surface area contributed by atoms with Crippen LogP contribution in [-0.2, 0) is 0 Å². The maximum Gasteiger partial charge on any atom is 0.573 e. The smallest absolute Gasteiger partial charge is 0.406 e. The van der Waals surface area contributed by atoms with Crippen LogP contribution in [0.1, 0.15) is 10.4 Å². The first-order chi connectivity index (χ1) is 6.92. The van der Waals surface area contributed by atoms with Gasteiger partial charge in [-0.05, 0) is 24.3 Å². The highest BCUT2D eigenvalue weighted by Gasteiger charge is 2.30. The lowest BCUT2D eigenvalue weighted by Crippen LogP contribution is -2.17. The van der Waals surface area contributed by atoms with E-state index in [-0.39, 0.29) is 5.56 Å². The number of hydrogen-bond acceptors (Lipinski definition) is 3. The third-order valence-electron chi connectivity index (χ3n) is 1.50. The van der Waals surface area contributed by atoms with Crippen LogP contribution < -0.4 is 4.74 Å². The Bertz CT molecular complexity index is 370. The number of Topliss-reactive ketones (excluding diaryl/α,β-unsaturated/α-hetero) is 1. The van der Waals surface area contributed by atoms with Gasteiger partial charge in [0.25, 0.3) is 0 Å². The van der Waals surface area contributed by atoms with Crippen molar-refractivity contribution >= 4 is 12.0 Å². The van der Waals surface area contributed by atoms with Gasteiger partial charge in [-0.15, -0.1) is 13.2 Å². The summed E-state index contributed by atoms with van der Waals surface area (Å²) in [6.07, 6.45) is -4.16. The lowest BCUT2D eigenvalue weighted by molar-refractivity contribution is -0.274. The zero-order valence-corrected chi connectivity index (χ0v) is 7.34. The van der Waals surface area contributed by atoms with Crippen LogP contribution in [0.2, 0.25) is 0 Å². The molecule has 0 bridgehead atoms. The largest absolute Gasteiger partial charge is 0.573 e. The number of hydrogen-bond donors (Lipinski definition) is 1. The van der Waals surface area contributed by atoms with Crippen LogP contribution >= 0.6 is 0 Å². The van der Waals surface area contributed by atoms with Gasteiger partial charge in [-0.25, -0.2) is 0 Å². The molecule has 0 radical (unpaired) electrons. The van der Waals surface area contributed by atoms with Gasteiger partial charge in [0, 0.05) is 5.56 Å². The van der Waals surface area contributed by atoms with Gasteiger partial charge in [-0.3, -0.25) is 4.79 Å². The molecule has 1 N–H and O–H groups in total. The molecule has 80 valence electrons. The second kappa shape index (κ2) is 4.12. The number of ketones is 1. The third-order valence-corrected chi connectivity index (χ3v) is 1.50. The topological polar surface area (TPSA) is 50.2 Å². The van der Waals surface area contributed by atoms with Crippen LogP contribution in [0.4, 0.5) is 13.2 Å². The van der Waals surface area contributed by atoms with Gasteiger partial charge >= 0.3 is 6.36 Å². The van der Waals surface area contributed by atoms with Crippen LogP contribution in [0.5, 0.6) is 5.75 Å². The lowest BCUT2D eigenvalue weighted by Gasteiger charge is -2.08. The minimum absolute atomic E-state index is 0.138. The van der Waals surface area contributed by atoms with Crippen molar-refractivity contribution in [3.05, 3.63) is 29.8 Å².